The maximum atomic E-state index is 11.8. The number of nitrogens with zero attached hydrogens (tertiary/aromatic N) is 1. The average Bonchev–Trinajstić information content (AvgIpc) is 2.80. The number of halogens is 2. The Morgan fingerprint density at radius 3 is 2.65 bits per heavy atom. The minimum atomic E-state index is -0.201. The molecule has 0 saturated heterocycles. The molecule has 0 bridgehead atoms. The Bertz CT molecular complexity index is 595. The smallest absolute Gasteiger partial charge is 0.238 e. The summed E-state index contributed by atoms with van der Waals surface area (Å²) in [7, 11) is 0. The lowest BCUT2D eigenvalue weighted by molar-refractivity contribution is -0.115. The molecule has 0 fully saturated rings. The van der Waals surface area contributed by atoms with E-state index in [4.69, 9.17) is 23.2 Å². The van der Waals surface area contributed by atoms with Crippen molar-refractivity contribution in [3.8, 4) is 0 Å². The third-order valence-electron chi connectivity index (χ3n) is 2.46. The molecular formula is C13H13Cl2N3OS. The van der Waals surface area contributed by atoms with Gasteiger partial charge in [0, 0.05) is 17.6 Å². The number of anilines is 1. The van der Waals surface area contributed by atoms with E-state index in [9.17, 15) is 4.79 Å². The molecule has 2 rings (SSSR count). The Balaban J connectivity index is 1.84. The van der Waals surface area contributed by atoms with Gasteiger partial charge in [-0.05, 0) is 19.1 Å². The zero-order chi connectivity index (χ0) is 14.5. The Hall–Kier alpha value is -1.14. The molecule has 0 aliphatic heterocycles. The van der Waals surface area contributed by atoms with Gasteiger partial charge in [0.2, 0.25) is 5.91 Å². The number of rotatable bonds is 5. The highest BCUT2D eigenvalue weighted by Crippen LogP contribution is 2.29. The van der Waals surface area contributed by atoms with Crippen molar-refractivity contribution >= 4 is 46.1 Å². The molecule has 2 aromatic rings. The fourth-order valence-electron chi connectivity index (χ4n) is 1.57. The van der Waals surface area contributed by atoms with Gasteiger partial charge in [0.25, 0.3) is 0 Å². The van der Waals surface area contributed by atoms with Gasteiger partial charge >= 0.3 is 0 Å². The van der Waals surface area contributed by atoms with Gasteiger partial charge in [-0.15, -0.1) is 11.3 Å². The normalized spacial score (nSPS) is 10.6. The number of carbonyl (C=O) groups excluding carboxylic acids is 1. The number of aromatic nitrogens is 1. The molecule has 106 valence electrons. The lowest BCUT2D eigenvalue weighted by Gasteiger charge is -2.09. The van der Waals surface area contributed by atoms with Gasteiger partial charge in [0.05, 0.1) is 22.3 Å². The largest absolute Gasteiger partial charge is 0.322 e. The van der Waals surface area contributed by atoms with Crippen molar-refractivity contribution in [2.45, 2.75) is 13.5 Å². The topological polar surface area (TPSA) is 54.0 Å². The Labute approximate surface area is 131 Å². The van der Waals surface area contributed by atoms with Crippen molar-refractivity contribution < 1.29 is 4.79 Å². The van der Waals surface area contributed by atoms with Crippen molar-refractivity contribution in [1.82, 2.24) is 10.3 Å². The standard InChI is InChI=1S/C13H13Cl2N3OS/c1-8-7-20-12(17-8)6-16-5-11(19)18-13-9(14)3-2-4-10(13)15/h2-4,7,16H,5-6H2,1H3,(H,18,19). The van der Waals surface area contributed by atoms with Gasteiger partial charge in [-0.25, -0.2) is 4.98 Å². The predicted molar refractivity (Wildman–Crippen MR) is 83.6 cm³/mol. The number of hydrogen-bond donors (Lipinski definition) is 2. The summed E-state index contributed by atoms with van der Waals surface area (Å²) >= 11 is 13.5. The number of para-hydroxylation sites is 1. The predicted octanol–water partition coefficient (Wildman–Crippen LogP) is 3.49. The third-order valence-corrected chi connectivity index (χ3v) is 4.05. The molecule has 0 saturated carbocycles. The first-order valence-electron chi connectivity index (χ1n) is 5.92. The average molecular weight is 330 g/mol. The summed E-state index contributed by atoms with van der Waals surface area (Å²) in [6, 6.07) is 5.08. The highest BCUT2D eigenvalue weighted by atomic mass is 35.5. The van der Waals surface area contributed by atoms with Crippen LogP contribution in [0.3, 0.4) is 0 Å². The van der Waals surface area contributed by atoms with E-state index in [-0.39, 0.29) is 12.5 Å². The summed E-state index contributed by atoms with van der Waals surface area (Å²) in [6.07, 6.45) is 0. The zero-order valence-electron chi connectivity index (χ0n) is 10.7. The molecule has 20 heavy (non-hydrogen) atoms. The van der Waals surface area contributed by atoms with Crippen LogP contribution in [0.5, 0.6) is 0 Å². The molecular weight excluding hydrogens is 317 g/mol. The van der Waals surface area contributed by atoms with E-state index in [1.807, 2.05) is 12.3 Å². The van der Waals surface area contributed by atoms with Crippen molar-refractivity contribution in [2.24, 2.45) is 0 Å². The number of nitrogens with one attached hydrogen (secondary N) is 2. The van der Waals surface area contributed by atoms with E-state index in [0.29, 0.717) is 22.3 Å². The van der Waals surface area contributed by atoms with E-state index < -0.39 is 0 Å². The first-order valence-corrected chi connectivity index (χ1v) is 7.55. The molecule has 0 unspecified atom stereocenters. The summed E-state index contributed by atoms with van der Waals surface area (Å²) < 4.78 is 0. The molecule has 1 aromatic carbocycles. The van der Waals surface area contributed by atoms with E-state index >= 15 is 0 Å². The van der Waals surface area contributed by atoms with Gasteiger partial charge in [0.1, 0.15) is 5.01 Å². The molecule has 7 heteroatoms. The molecule has 1 amide bonds. The maximum absolute atomic E-state index is 11.8. The molecule has 2 N–H and O–H groups in total. The van der Waals surface area contributed by atoms with E-state index in [2.05, 4.69) is 15.6 Å². The second kappa shape index (κ2) is 7.04. The van der Waals surface area contributed by atoms with Crippen molar-refractivity contribution in [3.63, 3.8) is 0 Å². The number of amides is 1. The molecule has 0 aliphatic carbocycles. The van der Waals surface area contributed by atoms with Crippen LogP contribution in [0.25, 0.3) is 0 Å². The van der Waals surface area contributed by atoms with Crippen LogP contribution < -0.4 is 10.6 Å². The lowest BCUT2D eigenvalue weighted by atomic mass is 10.3. The van der Waals surface area contributed by atoms with Crippen molar-refractivity contribution in [1.29, 1.82) is 0 Å². The molecule has 4 nitrogen and oxygen atoms in total. The SMILES string of the molecule is Cc1csc(CNCC(=O)Nc2c(Cl)cccc2Cl)n1. The van der Waals surface area contributed by atoms with Crippen molar-refractivity contribution in [3.05, 3.63) is 44.3 Å². The van der Waals surface area contributed by atoms with E-state index in [0.717, 1.165) is 10.7 Å². The Kier molecular flexibility index (Phi) is 5.37. The van der Waals surface area contributed by atoms with Crippen LogP contribution in [-0.2, 0) is 11.3 Å². The lowest BCUT2D eigenvalue weighted by Crippen LogP contribution is -2.27. The summed E-state index contributed by atoms with van der Waals surface area (Å²) in [5.74, 6) is -0.201. The minimum Gasteiger partial charge on any atom is -0.322 e. The number of hydrogen-bond acceptors (Lipinski definition) is 4. The highest BCUT2D eigenvalue weighted by Gasteiger charge is 2.09. The van der Waals surface area contributed by atoms with Crippen LogP contribution >= 0.6 is 34.5 Å². The van der Waals surface area contributed by atoms with Crippen LogP contribution in [0.4, 0.5) is 5.69 Å². The molecule has 0 spiro atoms. The fraction of sp³-hybridized carbons (Fsp3) is 0.231. The first-order chi connectivity index (χ1) is 9.56. The second-order valence-corrected chi connectivity index (χ2v) is 5.89. The molecule has 0 radical (unpaired) electrons. The number of carbonyl (C=O) groups is 1. The summed E-state index contributed by atoms with van der Waals surface area (Å²) in [5, 5.41) is 9.47. The first kappa shape index (κ1) is 15.3. The maximum Gasteiger partial charge on any atom is 0.238 e. The molecule has 1 aromatic heterocycles. The monoisotopic (exact) mass is 329 g/mol. The zero-order valence-corrected chi connectivity index (χ0v) is 13.1. The summed E-state index contributed by atoms with van der Waals surface area (Å²) in [4.78, 5) is 16.1. The molecule has 1 heterocycles. The van der Waals surface area contributed by atoms with Crippen molar-refractivity contribution in [2.75, 3.05) is 11.9 Å². The van der Waals surface area contributed by atoms with Gasteiger partial charge in [-0.1, -0.05) is 29.3 Å². The van der Waals surface area contributed by atoms with E-state index in [1.165, 1.54) is 0 Å². The fourth-order valence-corrected chi connectivity index (χ4v) is 2.80. The van der Waals surface area contributed by atoms with Crippen LogP contribution in [0.2, 0.25) is 10.0 Å². The molecule has 0 aliphatic rings. The van der Waals surface area contributed by atoms with Gasteiger partial charge < -0.3 is 10.6 Å². The van der Waals surface area contributed by atoms with Crippen LogP contribution in [0, 0.1) is 6.92 Å². The Morgan fingerprint density at radius 1 is 1.35 bits per heavy atom. The van der Waals surface area contributed by atoms with Crippen LogP contribution in [0.15, 0.2) is 23.6 Å². The van der Waals surface area contributed by atoms with Gasteiger partial charge in [-0.3, -0.25) is 4.79 Å². The number of aryl methyl sites for hydroxylation is 1. The quantitative estimate of drug-likeness (QED) is 0.882. The summed E-state index contributed by atoms with van der Waals surface area (Å²) in [5.41, 5.74) is 1.42. The van der Waals surface area contributed by atoms with E-state index in [1.54, 1.807) is 29.5 Å². The molecule has 0 atom stereocenters. The number of thiazole rings is 1. The highest BCUT2D eigenvalue weighted by molar-refractivity contribution is 7.09. The van der Waals surface area contributed by atoms with Crippen LogP contribution in [-0.4, -0.2) is 17.4 Å². The van der Waals surface area contributed by atoms with Gasteiger partial charge in [0.15, 0.2) is 0 Å². The minimum absolute atomic E-state index is 0.167. The number of benzene rings is 1. The third kappa shape index (κ3) is 4.18. The van der Waals surface area contributed by atoms with Crippen LogP contribution in [0.1, 0.15) is 10.7 Å². The van der Waals surface area contributed by atoms with Gasteiger partial charge in [-0.2, -0.15) is 0 Å². The second-order valence-electron chi connectivity index (χ2n) is 4.13. The summed E-state index contributed by atoms with van der Waals surface area (Å²) in [6.45, 7) is 2.66. The Morgan fingerprint density at radius 2 is 2.05 bits per heavy atom.